The minimum atomic E-state index is 0.466. The molecule has 1 heterocycles. The molecule has 0 fully saturated rings. The predicted molar refractivity (Wildman–Crippen MR) is 86.2 cm³/mol. The van der Waals surface area contributed by atoms with E-state index in [2.05, 4.69) is 52.7 Å². The maximum absolute atomic E-state index is 4.40. The standard InChI is InChI=1S/C17H26N4/c1-3-12-21-17(19-14-20-21)13-16(18-2)11-7-10-15-8-5-4-6-9-15/h4-6,8-9,14,16,18H,3,7,10-13H2,1-2H3. The van der Waals surface area contributed by atoms with E-state index >= 15 is 0 Å². The molecular formula is C17H26N4. The van der Waals surface area contributed by atoms with Crippen molar-refractivity contribution in [3.05, 3.63) is 48.0 Å². The fourth-order valence-corrected chi connectivity index (χ4v) is 2.61. The fraction of sp³-hybridized carbons (Fsp3) is 0.529. The Labute approximate surface area is 127 Å². The Morgan fingerprint density at radius 3 is 2.76 bits per heavy atom. The van der Waals surface area contributed by atoms with Crippen LogP contribution in [-0.2, 0) is 19.4 Å². The van der Waals surface area contributed by atoms with Gasteiger partial charge in [-0.1, -0.05) is 37.3 Å². The molecule has 0 aliphatic heterocycles. The molecule has 1 aromatic carbocycles. The first kappa shape index (κ1) is 15.7. The van der Waals surface area contributed by atoms with Gasteiger partial charge in [0.05, 0.1) is 0 Å². The Kier molecular flexibility index (Phi) is 6.41. The SMILES string of the molecule is CCCn1ncnc1CC(CCCc1ccccc1)NC. The van der Waals surface area contributed by atoms with Gasteiger partial charge < -0.3 is 5.32 Å². The lowest BCUT2D eigenvalue weighted by Gasteiger charge is -2.16. The van der Waals surface area contributed by atoms with Crippen molar-refractivity contribution in [1.82, 2.24) is 20.1 Å². The Morgan fingerprint density at radius 1 is 1.24 bits per heavy atom. The molecule has 0 aliphatic carbocycles. The van der Waals surface area contributed by atoms with Crippen LogP contribution in [0.4, 0.5) is 0 Å². The highest BCUT2D eigenvalue weighted by Gasteiger charge is 2.12. The van der Waals surface area contributed by atoms with E-state index < -0.39 is 0 Å². The van der Waals surface area contributed by atoms with Crippen LogP contribution >= 0.6 is 0 Å². The number of benzene rings is 1. The minimum absolute atomic E-state index is 0.466. The topological polar surface area (TPSA) is 42.7 Å². The molecule has 0 saturated heterocycles. The number of hydrogen-bond acceptors (Lipinski definition) is 3. The first-order chi connectivity index (χ1) is 10.3. The fourth-order valence-electron chi connectivity index (χ4n) is 2.61. The lowest BCUT2D eigenvalue weighted by Crippen LogP contribution is -2.29. The van der Waals surface area contributed by atoms with Crippen LogP contribution in [-0.4, -0.2) is 27.9 Å². The molecule has 0 saturated carbocycles. The highest BCUT2D eigenvalue weighted by atomic mass is 15.3. The first-order valence-corrected chi connectivity index (χ1v) is 7.91. The molecule has 2 aromatic rings. The molecule has 1 aromatic heterocycles. The second-order valence-electron chi connectivity index (χ2n) is 5.47. The molecule has 4 nitrogen and oxygen atoms in total. The zero-order chi connectivity index (χ0) is 14.9. The average molecular weight is 286 g/mol. The van der Waals surface area contributed by atoms with Crippen molar-refractivity contribution in [2.75, 3.05) is 7.05 Å². The molecule has 2 rings (SSSR count). The number of hydrogen-bond donors (Lipinski definition) is 1. The van der Waals surface area contributed by atoms with Crippen LogP contribution in [0.15, 0.2) is 36.7 Å². The average Bonchev–Trinajstić information content (AvgIpc) is 2.95. The van der Waals surface area contributed by atoms with E-state index in [0.29, 0.717) is 6.04 Å². The Hall–Kier alpha value is -1.68. The van der Waals surface area contributed by atoms with E-state index in [1.54, 1.807) is 6.33 Å². The van der Waals surface area contributed by atoms with Gasteiger partial charge in [0.1, 0.15) is 12.2 Å². The maximum atomic E-state index is 4.40. The molecule has 1 unspecified atom stereocenters. The Morgan fingerprint density at radius 2 is 2.05 bits per heavy atom. The van der Waals surface area contributed by atoms with Gasteiger partial charge in [-0.05, 0) is 38.3 Å². The highest BCUT2D eigenvalue weighted by Crippen LogP contribution is 2.10. The van der Waals surface area contributed by atoms with E-state index in [1.807, 2.05) is 11.7 Å². The second-order valence-corrected chi connectivity index (χ2v) is 5.47. The summed E-state index contributed by atoms with van der Waals surface area (Å²) in [5, 5.41) is 7.71. The zero-order valence-electron chi connectivity index (χ0n) is 13.1. The van der Waals surface area contributed by atoms with Crippen molar-refractivity contribution in [3.8, 4) is 0 Å². The number of aryl methyl sites for hydroxylation is 2. The van der Waals surface area contributed by atoms with Crippen LogP contribution in [0, 0.1) is 0 Å². The quantitative estimate of drug-likeness (QED) is 0.771. The molecule has 114 valence electrons. The molecular weight excluding hydrogens is 260 g/mol. The van der Waals surface area contributed by atoms with Gasteiger partial charge in [-0.25, -0.2) is 4.98 Å². The van der Waals surface area contributed by atoms with Gasteiger partial charge in [0.15, 0.2) is 0 Å². The molecule has 1 atom stereocenters. The van der Waals surface area contributed by atoms with Gasteiger partial charge in [-0.2, -0.15) is 5.10 Å². The number of nitrogens with one attached hydrogen (secondary N) is 1. The minimum Gasteiger partial charge on any atom is -0.317 e. The summed E-state index contributed by atoms with van der Waals surface area (Å²) in [5.41, 5.74) is 1.42. The summed E-state index contributed by atoms with van der Waals surface area (Å²) in [6.45, 7) is 3.12. The molecule has 0 spiro atoms. The van der Waals surface area contributed by atoms with Crippen LogP contribution in [0.3, 0.4) is 0 Å². The summed E-state index contributed by atoms with van der Waals surface area (Å²) in [4.78, 5) is 4.40. The molecule has 0 amide bonds. The summed E-state index contributed by atoms with van der Waals surface area (Å²) in [5.74, 6) is 1.09. The number of aromatic nitrogens is 3. The maximum Gasteiger partial charge on any atom is 0.138 e. The molecule has 21 heavy (non-hydrogen) atoms. The third kappa shape index (κ3) is 4.97. The van der Waals surface area contributed by atoms with Crippen molar-refractivity contribution >= 4 is 0 Å². The van der Waals surface area contributed by atoms with Crippen LogP contribution < -0.4 is 5.32 Å². The lowest BCUT2D eigenvalue weighted by molar-refractivity contribution is 0.469. The van der Waals surface area contributed by atoms with Crippen molar-refractivity contribution in [2.24, 2.45) is 0 Å². The summed E-state index contributed by atoms with van der Waals surface area (Å²) in [7, 11) is 2.04. The molecule has 0 radical (unpaired) electrons. The third-order valence-corrected chi connectivity index (χ3v) is 3.83. The van der Waals surface area contributed by atoms with Crippen molar-refractivity contribution < 1.29 is 0 Å². The summed E-state index contributed by atoms with van der Waals surface area (Å²) in [6.07, 6.45) is 7.20. The molecule has 0 bridgehead atoms. The summed E-state index contributed by atoms with van der Waals surface area (Å²) < 4.78 is 2.03. The van der Waals surface area contributed by atoms with E-state index in [1.165, 1.54) is 12.0 Å². The van der Waals surface area contributed by atoms with E-state index in [0.717, 1.165) is 38.1 Å². The summed E-state index contributed by atoms with van der Waals surface area (Å²) in [6, 6.07) is 11.2. The summed E-state index contributed by atoms with van der Waals surface area (Å²) >= 11 is 0. The number of rotatable bonds is 9. The van der Waals surface area contributed by atoms with E-state index in [4.69, 9.17) is 0 Å². The highest BCUT2D eigenvalue weighted by molar-refractivity contribution is 5.14. The van der Waals surface area contributed by atoms with Crippen LogP contribution in [0.1, 0.15) is 37.6 Å². The lowest BCUT2D eigenvalue weighted by atomic mass is 10.0. The van der Waals surface area contributed by atoms with Gasteiger partial charge in [-0.3, -0.25) is 4.68 Å². The zero-order valence-corrected chi connectivity index (χ0v) is 13.1. The predicted octanol–water partition coefficient (Wildman–Crippen LogP) is 2.84. The number of likely N-dealkylation sites (N-methyl/N-ethyl adjacent to an activating group) is 1. The van der Waals surface area contributed by atoms with Gasteiger partial charge in [0.25, 0.3) is 0 Å². The van der Waals surface area contributed by atoms with Crippen molar-refractivity contribution in [1.29, 1.82) is 0 Å². The normalized spacial score (nSPS) is 12.5. The van der Waals surface area contributed by atoms with Crippen LogP contribution in [0.25, 0.3) is 0 Å². The van der Waals surface area contributed by atoms with Crippen molar-refractivity contribution in [3.63, 3.8) is 0 Å². The van der Waals surface area contributed by atoms with Gasteiger partial charge >= 0.3 is 0 Å². The molecule has 4 heteroatoms. The van der Waals surface area contributed by atoms with Crippen LogP contribution in [0.2, 0.25) is 0 Å². The smallest absolute Gasteiger partial charge is 0.138 e. The largest absolute Gasteiger partial charge is 0.317 e. The second kappa shape index (κ2) is 8.57. The van der Waals surface area contributed by atoms with E-state index in [9.17, 15) is 0 Å². The third-order valence-electron chi connectivity index (χ3n) is 3.83. The Bertz CT molecular complexity index is 507. The van der Waals surface area contributed by atoms with Gasteiger partial charge in [-0.15, -0.1) is 0 Å². The molecule has 0 aliphatic rings. The number of nitrogens with zero attached hydrogens (tertiary/aromatic N) is 3. The monoisotopic (exact) mass is 286 g/mol. The first-order valence-electron chi connectivity index (χ1n) is 7.91. The van der Waals surface area contributed by atoms with Gasteiger partial charge in [0.2, 0.25) is 0 Å². The van der Waals surface area contributed by atoms with Gasteiger partial charge in [0, 0.05) is 19.0 Å². The van der Waals surface area contributed by atoms with Crippen LogP contribution in [0.5, 0.6) is 0 Å². The Balaban J connectivity index is 1.81. The van der Waals surface area contributed by atoms with Crippen molar-refractivity contribution in [2.45, 2.75) is 51.6 Å². The van der Waals surface area contributed by atoms with E-state index in [-0.39, 0.29) is 0 Å². The molecule has 1 N–H and O–H groups in total.